The predicted molar refractivity (Wildman–Crippen MR) is 80.2 cm³/mol. The summed E-state index contributed by atoms with van der Waals surface area (Å²) in [5.41, 5.74) is 0. The minimum Gasteiger partial charge on any atom is -0.338 e. The average Bonchev–Trinajstić information content (AvgIpc) is 2.78. The number of carbonyl (C=O) groups excluding carboxylic acids is 1. The van der Waals surface area contributed by atoms with Gasteiger partial charge in [0, 0.05) is 22.8 Å². The van der Waals surface area contributed by atoms with Gasteiger partial charge in [0.1, 0.15) is 0 Å². The Bertz CT molecular complexity index is 398. The summed E-state index contributed by atoms with van der Waals surface area (Å²) in [7, 11) is 0. The Morgan fingerprint density at radius 1 is 1.44 bits per heavy atom. The van der Waals surface area contributed by atoms with Crippen molar-refractivity contribution in [2.24, 2.45) is 5.92 Å². The van der Waals surface area contributed by atoms with Crippen LogP contribution in [0.3, 0.4) is 0 Å². The molecule has 0 spiro atoms. The monoisotopic (exact) mass is 327 g/mol. The molecular weight excluding hydrogens is 310 g/mol. The Morgan fingerprint density at radius 3 is 2.83 bits per heavy atom. The summed E-state index contributed by atoms with van der Waals surface area (Å²) >= 11 is 5.14. The van der Waals surface area contributed by atoms with E-state index in [-0.39, 0.29) is 5.91 Å². The maximum atomic E-state index is 12.2. The molecule has 1 fully saturated rings. The molecule has 1 aromatic carbocycles. The standard InChI is InChI=1S/C14H18BrNOS/c1-11-7-8-16(13(11)9-15)14(17)10-18-12-5-3-2-4-6-12/h2-6,11,13H,7-10H2,1H3. The number of carbonyl (C=O) groups is 1. The number of benzene rings is 1. The van der Waals surface area contributed by atoms with Crippen LogP contribution in [0.2, 0.25) is 0 Å². The van der Waals surface area contributed by atoms with Crippen LogP contribution < -0.4 is 0 Å². The van der Waals surface area contributed by atoms with Gasteiger partial charge in [-0.2, -0.15) is 0 Å². The quantitative estimate of drug-likeness (QED) is 0.624. The lowest BCUT2D eigenvalue weighted by Crippen LogP contribution is -2.39. The molecule has 2 rings (SSSR count). The highest BCUT2D eigenvalue weighted by atomic mass is 79.9. The molecule has 1 aliphatic heterocycles. The van der Waals surface area contributed by atoms with Gasteiger partial charge in [-0.1, -0.05) is 41.1 Å². The smallest absolute Gasteiger partial charge is 0.233 e. The number of thioether (sulfide) groups is 1. The molecule has 98 valence electrons. The molecule has 1 aliphatic rings. The van der Waals surface area contributed by atoms with Crippen molar-refractivity contribution >= 4 is 33.6 Å². The summed E-state index contributed by atoms with van der Waals surface area (Å²) in [6.45, 7) is 3.13. The maximum absolute atomic E-state index is 12.2. The Balaban J connectivity index is 1.88. The Morgan fingerprint density at radius 2 is 2.17 bits per heavy atom. The van der Waals surface area contributed by atoms with Gasteiger partial charge in [0.2, 0.25) is 5.91 Å². The van der Waals surface area contributed by atoms with Crippen molar-refractivity contribution < 1.29 is 4.79 Å². The van der Waals surface area contributed by atoms with Crippen molar-refractivity contribution in [3.8, 4) is 0 Å². The van der Waals surface area contributed by atoms with Crippen LogP contribution >= 0.6 is 27.7 Å². The third kappa shape index (κ3) is 3.29. The molecule has 4 heteroatoms. The second-order valence-electron chi connectivity index (χ2n) is 4.68. The number of hydrogen-bond donors (Lipinski definition) is 0. The molecule has 2 unspecified atom stereocenters. The van der Waals surface area contributed by atoms with Gasteiger partial charge in [0.25, 0.3) is 0 Å². The summed E-state index contributed by atoms with van der Waals surface area (Å²) in [4.78, 5) is 15.4. The fourth-order valence-electron chi connectivity index (χ4n) is 2.30. The number of alkyl halides is 1. The van der Waals surface area contributed by atoms with E-state index in [9.17, 15) is 4.79 Å². The fourth-order valence-corrected chi connectivity index (χ4v) is 4.09. The summed E-state index contributed by atoms with van der Waals surface area (Å²) in [5.74, 6) is 1.41. The number of likely N-dealkylation sites (tertiary alicyclic amines) is 1. The zero-order valence-electron chi connectivity index (χ0n) is 10.5. The number of rotatable bonds is 4. The van der Waals surface area contributed by atoms with Gasteiger partial charge in [0.05, 0.1) is 5.75 Å². The van der Waals surface area contributed by atoms with Crippen LogP contribution in [-0.4, -0.2) is 34.5 Å². The first kappa shape index (κ1) is 13.9. The molecule has 0 bridgehead atoms. The van der Waals surface area contributed by atoms with Crippen LogP contribution in [0.5, 0.6) is 0 Å². The lowest BCUT2D eigenvalue weighted by atomic mass is 10.1. The van der Waals surface area contributed by atoms with Crippen molar-refractivity contribution in [2.75, 3.05) is 17.6 Å². The first-order valence-electron chi connectivity index (χ1n) is 6.25. The van der Waals surface area contributed by atoms with Gasteiger partial charge in [-0.3, -0.25) is 4.79 Å². The highest BCUT2D eigenvalue weighted by Crippen LogP contribution is 2.27. The van der Waals surface area contributed by atoms with E-state index < -0.39 is 0 Å². The van der Waals surface area contributed by atoms with E-state index in [2.05, 4.69) is 22.9 Å². The average molecular weight is 328 g/mol. The molecule has 2 nitrogen and oxygen atoms in total. The van der Waals surface area contributed by atoms with Crippen molar-refractivity contribution in [1.82, 2.24) is 4.90 Å². The second kappa shape index (κ2) is 6.62. The third-order valence-corrected chi connectivity index (χ3v) is 5.13. The first-order chi connectivity index (χ1) is 8.72. The fraction of sp³-hybridized carbons (Fsp3) is 0.500. The van der Waals surface area contributed by atoms with Crippen LogP contribution in [-0.2, 0) is 4.79 Å². The molecule has 1 heterocycles. The van der Waals surface area contributed by atoms with Gasteiger partial charge < -0.3 is 4.90 Å². The molecule has 1 amide bonds. The number of hydrogen-bond acceptors (Lipinski definition) is 2. The highest BCUT2D eigenvalue weighted by Gasteiger charge is 2.33. The zero-order valence-corrected chi connectivity index (χ0v) is 12.9. The van der Waals surface area contributed by atoms with E-state index in [1.807, 2.05) is 35.2 Å². The number of amides is 1. The minimum atomic E-state index is 0.262. The van der Waals surface area contributed by atoms with Crippen molar-refractivity contribution in [1.29, 1.82) is 0 Å². The molecule has 1 aromatic rings. The van der Waals surface area contributed by atoms with Crippen LogP contribution in [0.1, 0.15) is 13.3 Å². The number of halogens is 1. The molecule has 0 aliphatic carbocycles. The van der Waals surface area contributed by atoms with E-state index in [1.165, 1.54) is 0 Å². The lowest BCUT2D eigenvalue weighted by molar-refractivity contribution is -0.129. The number of nitrogens with zero attached hydrogens (tertiary/aromatic N) is 1. The molecular formula is C14H18BrNOS. The maximum Gasteiger partial charge on any atom is 0.233 e. The van der Waals surface area contributed by atoms with E-state index in [1.54, 1.807) is 11.8 Å². The molecule has 1 saturated heterocycles. The first-order valence-corrected chi connectivity index (χ1v) is 8.36. The molecule has 0 radical (unpaired) electrons. The predicted octanol–water partition coefficient (Wildman–Crippen LogP) is 3.41. The van der Waals surface area contributed by atoms with E-state index in [0.717, 1.165) is 23.2 Å². The van der Waals surface area contributed by atoms with E-state index in [4.69, 9.17) is 0 Å². The molecule has 0 saturated carbocycles. The van der Waals surface area contributed by atoms with Crippen molar-refractivity contribution in [2.45, 2.75) is 24.3 Å². The van der Waals surface area contributed by atoms with Crippen LogP contribution in [0, 0.1) is 5.92 Å². The Hall–Kier alpha value is -0.480. The third-order valence-electron chi connectivity index (χ3n) is 3.47. The van der Waals surface area contributed by atoms with Crippen LogP contribution in [0.4, 0.5) is 0 Å². The summed E-state index contributed by atoms with van der Waals surface area (Å²) in [6.07, 6.45) is 1.12. The molecule has 0 N–H and O–H groups in total. The van der Waals surface area contributed by atoms with Gasteiger partial charge >= 0.3 is 0 Å². The topological polar surface area (TPSA) is 20.3 Å². The Labute approximate surface area is 121 Å². The second-order valence-corrected chi connectivity index (χ2v) is 6.37. The SMILES string of the molecule is CC1CCN(C(=O)CSc2ccccc2)C1CBr. The highest BCUT2D eigenvalue weighted by molar-refractivity contribution is 9.09. The minimum absolute atomic E-state index is 0.262. The van der Waals surface area contributed by atoms with E-state index >= 15 is 0 Å². The lowest BCUT2D eigenvalue weighted by Gasteiger charge is -2.25. The van der Waals surface area contributed by atoms with Gasteiger partial charge in [-0.05, 0) is 24.5 Å². The summed E-state index contributed by atoms with van der Waals surface area (Å²) in [6, 6.07) is 10.5. The van der Waals surface area contributed by atoms with Crippen LogP contribution in [0.25, 0.3) is 0 Å². The Kier molecular flexibility index (Phi) is 5.13. The van der Waals surface area contributed by atoms with E-state index in [0.29, 0.717) is 17.7 Å². The van der Waals surface area contributed by atoms with Crippen molar-refractivity contribution in [3.63, 3.8) is 0 Å². The normalized spacial score (nSPS) is 23.3. The van der Waals surface area contributed by atoms with Crippen LogP contribution in [0.15, 0.2) is 35.2 Å². The van der Waals surface area contributed by atoms with Gasteiger partial charge in [-0.25, -0.2) is 0 Å². The van der Waals surface area contributed by atoms with Gasteiger partial charge in [0.15, 0.2) is 0 Å². The molecule has 2 atom stereocenters. The molecule has 18 heavy (non-hydrogen) atoms. The summed E-state index contributed by atoms with van der Waals surface area (Å²) < 4.78 is 0. The zero-order chi connectivity index (χ0) is 13.0. The van der Waals surface area contributed by atoms with Crippen molar-refractivity contribution in [3.05, 3.63) is 30.3 Å². The largest absolute Gasteiger partial charge is 0.338 e. The van der Waals surface area contributed by atoms with Gasteiger partial charge in [-0.15, -0.1) is 11.8 Å². The molecule has 0 aromatic heterocycles. The summed E-state index contributed by atoms with van der Waals surface area (Å²) in [5, 5.41) is 0.885.